The van der Waals surface area contributed by atoms with Gasteiger partial charge in [0.2, 0.25) is 0 Å². The first-order valence-corrected chi connectivity index (χ1v) is 8.79. The number of carbonyl (C=O) groups excluding carboxylic acids is 1. The van der Waals surface area contributed by atoms with Crippen molar-refractivity contribution in [3.05, 3.63) is 70.6 Å². The standard InChI is InChI=1S/C21H22N2O4/c1-3-27-16-9-7-15(8-10-16)20(24)22-19-6-4-5-18-17(19)11-12-23(21(18)25)13-14-26-2/h4-12H,3,13-14H2,1-2H3,(H,22,24). The Bertz CT molecular complexity index is 993. The summed E-state index contributed by atoms with van der Waals surface area (Å²) in [5.41, 5.74) is 1.01. The van der Waals surface area contributed by atoms with Gasteiger partial charge in [0.1, 0.15) is 5.75 Å². The lowest BCUT2D eigenvalue weighted by molar-refractivity contribution is 0.102. The zero-order chi connectivity index (χ0) is 19.2. The molecule has 0 unspecified atom stereocenters. The summed E-state index contributed by atoms with van der Waals surface area (Å²) in [6.07, 6.45) is 1.72. The van der Waals surface area contributed by atoms with Crippen LogP contribution < -0.4 is 15.6 Å². The number of benzene rings is 2. The van der Waals surface area contributed by atoms with Gasteiger partial charge in [-0.3, -0.25) is 9.59 Å². The SMILES string of the molecule is CCOc1ccc(C(=O)Nc2cccc3c(=O)n(CCOC)ccc23)cc1. The molecular formula is C21H22N2O4. The lowest BCUT2D eigenvalue weighted by atomic mass is 10.1. The molecule has 0 aliphatic carbocycles. The number of nitrogens with zero attached hydrogens (tertiary/aromatic N) is 1. The van der Waals surface area contributed by atoms with Crippen molar-refractivity contribution in [3.63, 3.8) is 0 Å². The van der Waals surface area contributed by atoms with E-state index < -0.39 is 0 Å². The Balaban J connectivity index is 1.87. The van der Waals surface area contributed by atoms with Gasteiger partial charge in [-0.1, -0.05) is 6.07 Å². The molecule has 2 aromatic carbocycles. The van der Waals surface area contributed by atoms with Crippen molar-refractivity contribution < 1.29 is 14.3 Å². The van der Waals surface area contributed by atoms with Gasteiger partial charge in [0, 0.05) is 41.9 Å². The lowest BCUT2D eigenvalue weighted by Crippen LogP contribution is -2.22. The number of hydrogen-bond donors (Lipinski definition) is 1. The van der Waals surface area contributed by atoms with Crippen LogP contribution in [0.15, 0.2) is 59.5 Å². The average molecular weight is 366 g/mol. The molecule has 0 saturated heterocycles. The second kappa shape index (κ2) is 8.51. The van der Waals surface area contributed by atoms with Crippen LogP contribution in [-0.4, -0.2) is 30.8 Å². The van der Waals surface area contributed by atoms with Crippen LogP contribution in [0.1, 0.15) is 17.3 Å². The average Bonchev–Trinajstić information content (AvgIpc) is 2.69. The minimum absolute atomic E-state index is 0.110. The van der Waals surface area contributed by atoms with Crippen molar-refractivity contribution in [1.29, 1.82) is 0 Å². The minimum Gasteiger partial charge on any atom is -0.494 e. The Hall–Kier alpha value is -3.12. The van der Waals surface area contributed by atoms with Crippen molar-refractivity contribution in [2.24, 2.45) is 0 Å². The summed E-state index contributed by atoms with van der Waals surface area (Å²) in [6, 6.07) is 14.1. The van der Waals surface area contributed by atoms with Crippen molar-refractivity contribution >= 4 is 22.4 Å². The molecule has 0 spiro atoms. The second-order valence-electron chi connectivity index (χ2n) is 5.99. The fourth-order valence-electron chi connectivity index (χ4n) is 2.86. The molecule has 0 aliphatic rings. The van der Waals surface area contributed by atoms with Crippen LogP contribution >= 0.6 is 0 Å². The monoisotopic (exact) mass is 366 g/mol. The molecule has 3 aromatic rings. The highest BCUT2D eigenvalue weighted by molar-refractivity contribution is 6.09. The number of nitrogens with one attached hydrogen (secondary N) is 1. The number of amides is 1. The van der Waals surface area contributed by atoms with Crippen molar-refractivity contribution in [3.8, 4) is 5.75 Å². The number of hydrogen-bond acceptors (Lipinski definition) is 4. The van der Waals surface area contributed by atoms with Gasteiger partial charge in [-0.2, -0.15) is 0 Å². The third-order valence-electron chi connectivity index (χ3n) is 4.23. The number of anilines is 1. The first kappa shape index (κ1) is 18.7. The van der Waals surface area contributed by atoms with Gasteiger partial charge in [0.15, 0.2) is 0 Å². The molecule has 140 valence electrons. The Morgan fingerprint density at radius 3 is 2.56 bits per heavy atom. The fraction of sp³-hybridized carbons (Fsp3) is 0.238. The van der Waals surface area contributed by atoms with Crippen molar-refractivity contribution in [2.75, 3.05) is 25.6 Å². The molecule has 0 saturated carbocycles. The molecular weight excluding hydrogens is 344 g/mol. The predicted molar refractivity (Wildman–Crippen MR) is 106 cm³/mol. The largest absolute Gasteiger partial charge is 0.494 e. The fourth-order valence-corrected chi connectivity index (χ4v) is 2.86. The van der Waals surface area contributed by atoms with E-state index in [-0.39, 0.29) is 11.5 Å². The van der Waals surface area contributed by atoms with Crippen molar-refractivity contribution in [1.82, 2.24) is 4.57 Å². The molecule has 0 bridgehead atoms. The zero-order valence-electron chi connectivity index (χ0n) is 15.4. The van der Waals surface area contributed by atoms with E-state index in [4.69, 9.17) is 9.47 Å². The highest BCUT2D eigenvalue weighted by Gasteiger charge is 2.11. The van der Waals surface area contributed by atoms with E-state index in [1.54, 1.807) is 60.3 Å². The van der Waals surface area contributed by atoms with Gasteiger partial charge < -0.3 is 19.4 Å². The Morgan fingerprint density at radius 2 is 1.85 bits per heavy atom. The summed E-state index contributed by atoms with van der Waals surface area (Å²) in [7, 11) is 1.60. The number of pyridine rings is 1. The van der Waals surface area contributed by atoms with Crippen LogP contribution in [0.4, 0.5) is 5.69 Å². The number of carbonyl (C=O) groups is 1. The molecule has 0 radical (unpaired) electrons. The van der Waals surface area contributed by atoms with E-state index in [2.05, 4.69) is 5.32 Å². The predicted octanol–water partition coefficient (Wildman–Crippen LogP) is 3.30. The van der Waals surface area contributed by atoms with E-state index >= 15 is 0 Å². The van der Waals surface area contributed by atoms with Crippen LogP contribution in [0.2, 0.25) is 0 Å². The molecule has 0 atom stereocenters. The number of rotatable bonds is 7. The molecule has 1 N–H and O–H groups in total. The lowest BCUT2D eigenvalue weighted by Gasteiger charge is -2.11. The van der Waals surface area contributed by atoms with Gasteiger partial charge >= 0.3 is 0 Å². The van der Waals surface area contributed by atoms with Gasteiger partial charge in [-0.05, 0) is 49.4 Å². The number of aromatic nitrogens is 1. The summed E-state index contributed by atoms with van der Waals surface area (Å²) in [5, 5.41) is 4.15. The van der Waals surface area contributed by atoms with E-state index in [0.29, 0.717) is 41.8 Å². The quantitative estimate of drug-likeness (QED) is 0.697. The minimum atomic E-state index is -0.242. The normalized spacial score (nSPS) is 10.7. The van der Waals surface area contributed by atoms with Gasteiger partial charge in [-0.15, -0.1) is 0 Å². The first-order chi connectivity index (χ1) is 13.1. The maximum absolute atomic E-state index is 12.6. The summed E-state index contributed by atoms with van der Waals surface area (Å²) in [6.45, 7) is 3.42. The van der Waals surface area contributed by atoms with Crippen LogP contribution in [0.25, 0.3) is 10.8 Å². The first-order valence-electron chi connectivity index (χ1n) is 8.79. The smallest absolute Gasteiger partial charge is 0.258 e. The summed E-state index contributed by atoms with van der Waals surface area (Å²) >= 11 is 0. The highest BCUT2D eigenvalue weighted by Crippen LogP contribution is 2.22. The van der Waals surface area contributed by atoms with E-state index in [9.17, 15) is 9.59 Å². The molecule has 3 rings (SSSR count). The Labute approximate surface area is 157 Å². The Kier molecular flexibility index (Phi) is 5.88. The third-order valence-corrected chi connectivity index (χ3v) is 4.23. The number of ether oxygens (including phenoxy) is 2. The van der Waals surface area contributed by atoms with Crippen molar-refractivity contribution in [2.45, 2.75) is 13.5 Å². The maximum atomic E-state index is 12.6. The molecule has 1 aromatic heterocycles. The van der Waals surface area contributed by atoms with Crippen LogP contribution in [0.3, 0.4) is 0 Å². The van der Waals surface area contributed by atoms with Crippen LogP contribution in [-0.2, 0) is 11.3 Å². The van der Waals surface area contributed by atoms with Gasteiger partial charge in [-0.25, -0.2) is 0 Å². The van der Waals surface area contributed by atoms with Crippen LogP contribution in [0, 0.1) is 0 Å². The van der Waals surface area contributed by atoms with Gasteiger partial charge in [0.25, 0.3) is 11.5 Å². The van der Waals surface area contributed by atoms with E-state index in [1.165, 1.54) is 0 Å². The molecule has 0 aliphatic heterocycles. The Morgan fingerprint density at radius 1 is 1.07 bits per heavy atom. The maximum Gasteiger partial charge on any atom is 0.258 e. The third kappa shape index (κ3) is 4.17. The van der Waals surface area contributed by atoms with Gasteiger partial charge in [0.05, 0.1) is 13.2 Å². The molecule has 1 heterocycles. The van der Waals surface area contributed by atoms with E-state index in [1.807, 2.05) is 13.0 Å². The molecule has 6 heteroatoms. The summed E-state index contributed by atoms with van der Waals surface area (Å²) in [5.74, 6) is 0.477. The summed E-state index contributed by atoms with van der Waals surface area (Å²) < 4.78 is 12.0. The topological polar surface area (TPSA) is 69.6 Å². The van der Waals surface area contributed by atoms with E-state index in [0.717, 1.165) is 5.75 Å². The molecule has 1 amide bonds. The molecule has 27 heavy (non-hydrogen) atoms. The molecule has 0 fully saturated rings. The van der Waals surface area contributed by atoms with Crippen LogP contribution in [0.5, 0.6) is 5.75 Å². The zero-order valence-corrected chi connectivity index (χ0v) is 15.4. The summed E-state index contributed by atoms with van der Waals surface area (Å²) in [4.78, 5) is 25.2. The highest BCUT2D eigenvalue weighted by atomic mass is 16.5. The second-order valence-corrected chi connectivity index (χ2v) is 5.99. The number of fused-ring (bicyclic) bond motifs is 1. The number of methoxy groups -OCH3 is 1. The molecule has 6 nitrogen and oxygen atoms in total.